The van der Waals surface area contributed by atoms with E-state index in [0.717, 1.165) is 44.5 Å². The lowest BCUT2D eigenvalue weighted by molar-refractivity contribution is -0.133. The average Bonchev–Trinajstić information content (AvgIpc) is 3.05. The van der Waals surface area contributed by atoms with Crippen LogP contribution in [-0.2, 0) is 16.0 Å². The Morgan fingerprint density at radius 3 is 3.00 bits per heavy atom. The number of nitrogens with zero attached hydrogens (tertiary/aromatic N) is 2. The minimum Gasteiger partial charge on any atom is -0.497 e. The number of hydrogen-bond donors (Lipinski definition) is 0. The van der Waals surface area contributed by atoms with Crippen LogP contribution in [0.1, 0.15) is 24.8 Å². The Hall–Kier alpha value is -2.24. The molecule has 3 rings (SSSR count). The number of methoxy groups -OCH3 is 1. The maximum absolute atomic E-state index is 12.5. The molecule has 0 N–H and O–H groups in total. The molecule has 0 spiro atoms. The summed E-state index contributed by atoms with van der Waals surface area (Å²) in [7, 11) is 1.68. The molecule has 1 atom stereocenters. The molecule has 0 saturated carbocycles. The molecule has 2 aliphatic heterocycles. The fourth-order valence-corrected chi connectivity index (χ4v) is 3.56. The topological polar surface area (TPSA) is 59.1 Å². The maximum atomic E-state index is 12.5. The fourth-order valence-electron chi connectivity index (χ4n) is 3.56. The third-order valence-corrected chi connectivity index (χ3v) is 5.02. The summed E-state index contributed by atoms with van der Waals surface area (Å²) in [4.78, 5) is 27.4. The standard InChI is InChI=1S/C19H26N2O4/c1-24-17-6-2-4-15(12-17)7-8-16-5-3-9-20(13-16)18(22)14-21-10-11-25-19(21)23/h2,4,6,12,16H,3,5,7-11,13-14H2,1H3. The van der Waals surface area contributed by atoms with E-state index in [-0.39, 0.29) is 18.5 Å². The number of rotatable bonds is 6. The fraction of sp³-hybridized carbons (Fsp3) is 0.579. The van der Waals surface area contributed by atoms with Crippen molar-refractivity contribution < 1.29 is 19.1 Å². The molecular weight excluding hydrogens is 320 g/mol. The second-order valence-electron chi connectivity index (χ2n) is 6.77. The van der Waals surface area contributed by atoms with Crippen LogP contribution in [0, 0.1) is 5.92 Å². The largest absolute Gasteiger partial charge is 0.497 e. The molecule has 2 aliphatic rings. The highest BCUT2D eigenvalue weighted by Crippen LogP contribution is 2.23. The van der Waals surface area contributed by atoms with Gasteiger partial charge in [0, 0.05) is 13.1 Å². The summed E-state index contributed by atoms with van der Waals surface area (Å²) in [5.74, 6) is 1.43. The third-order valence-electron chi connectivity index (χ3n) is 5.02. The van der Waals surface area contributed by atoms with Gasteiger partial charge in [-0.1, -0.05) is 12.1 Å². The highest BCUT2D eigenvalue weighted by molar-refractivity contribution is 5.83. The van der Waals surface area contributed by atoms with Crippen molar-refractivity contribution in [2.75, 3.05) is 39.9 Å². The molecule has 6 heteroatoms. The number of likely N-dealkylation sites (tertiary alicyclic amines) is 1. The highest BCUT2D eigenvalue weighted by atomic mass is 16.6. The second-order valence-corrected chi connectivity index (χ2v) is 6.77. The second kappa shape index (κ2) is 8.23. The van der Waals surface area contributed by atoms with Gasteiger partial charge in [-0.15, -0.1) is 0 Å². The normalized spacial score (nSPS) is 20.5. The predicted molar refractivity (Wildman–Crippen MR) is 93.5 cm³/mol. The van der Waals surface area contributed by atoms with Crippen LogP contribution in [0.15, 0.2) is 24.3 Å². The van der Waals surface area contributed by atoms with Crippen LogP contribution in [0.5, 0.6) is 5.75 Å². The van der Waals surface area contributed by atoms with E-state index < -0.39 is 0 Å². The zero-order valence-electron chi connectivity index (χ0n) is 14.8. The molecule has 136 valence electrons. The summed E-state index contributed by atoms with van der Waals surface area (Å²) in [6, 6.07) is 8.16. The van der Waals surface area contributed by atoms with Crippen LogP contribution in [-0.4, -0.2) is 61.7 Å². The summed E-state index contributed by atoms with van der Waals surface area (Å²) in [6.45, 7) is 2.61. The number of ether oxygens (including phenoxy) is 2. The summed E-state index contributed by atoms with van der Waals surface area (Å²) in [6.07, 6.45) is 3.85. The van der Waals surface area contributed by atoms with Crippen LogP contribution < -0.4 is 4.74 Å². The van der Waals surface area contributed by atoms with Gasteiger partial charge in [0.25, 0.3) is 0 Å². The minimum atomic E-state index is -0.375. The van der Waals surface area contributed by atoms with Gasteiger partial charge < -0.3 is 14.4 Å². The monoisotopic (exact) mass is 346 g/mol. The Balaban J connectivity index is 1.48. The van der Waals surface area contributed by atoms with Gasteiger partial charge in [-0.05, 0) is 49.3 Å². The van der Waals surface area contributed by atoms with E-state index in [1.807, 2.05) is 17.0 Å². The van der Waals surface area contributed by atoms with Crippen molar-refractivity contribution in [3.05, 3.63) is 29.8 Å². The first-order valence-electron chi connectivity index (χ1n) is 8.98. The maximum Gasteiger partial charge on any atom is 0.410 e. The number of carbonyl (C=O) groups is 2. The molecule has 1 aromatic rings. The van der Waals surface area contributed by atoms with Crippen molar-refractivity contribution in [2.24, 2.45) is 5.92 Å². The van der Waals surface area contributed by atoms with Crippen molar-refractivity contribution in [1.29, 1.82) is 0 Å². The lowest BCUT2D eigenvalue weighted by atomic mass is 9.91. The van der Waals surface area contributed by atoms with E-state index in [4.69, 9.17) is 9.47 Å². The number of carbonyl (C=O) groups excluding carboxylic acids is 2. The zero-order chi connectivity index (χ0) is 17.6. The molecule has 0 aromatic heterocycles. The predicted octanol–water partition coefficient (Wildman–Crippen LogP) is 2.32. The first-order chi connectivity index (χ1) is 12.2. The van der Waals surface area contributed by atoms with E-state index in [9.17, 15) is 9.59 Å². The SMILES string of the molecule is COc1cccc(CCC2CCCN(C(=O)CN3CCOC3=O)C2)c1. The van der Waals surface area contributed by atoms with Gasteiger partial charge in [0.1, 0.15) is 18.9 Å². The van der Waals surface area contributed by atoms with E-state index in [0.29, 0.717) is 19.1 Å². The number of amides is 2. The number of benzene rings is 1. The van der Waals surface area contributed by atoms with E-state index in [1.54, 1.807) is 7.11 Å². The van der Waals surface area contributed by atoms with Gasteiger partial charge in [-0.3, -0.25) is 9.69 Å². The van der Waals surface area contributed by atoms with E-state index in [2.05, 4.69) is 12.1 Å². The Morgan fingerprint density at radius 2 is 2.24 bits per heavy atom. The van der Waals surface area contributed by atoms with Crippen molar-refractivity contribution in [3.63, 3.8) is 0 Å². The van der Waals surface area contributed by atoms with Crippen molar-refractivity contribution in [3.8, 4) is 5.75 Å². The Labute approximate surface area is 148 Å². The molecule has 2 saturated heterocycles. The Kier molecular flexibility index (Phi) is 5.79. The molecule has 6 nitrogen and oxygen atoms in total. The smallest absolute Gasteiger partial charge is 0.410 e. The third kappa shape index (κ3) is 4.65. The molecule has 25 heavy (non-hydrogen) atoms. The number of piperidine rings is 1. The molecule has 0 bridgehead atoms. The van der Waals surface area contributed by atoms with Crippen LogP contribution in [0.3, 0.4) is 0 Å². The molecule has 2 fully saturated rings. The lowest BCUT2D eigenvalue weighted by Crippen LogP contribution is -2.45. The Morgan fingerprint density at radius 1 is 1.36 bits per heavy atom. The van der Waals surface area contributed by atoms with Gasteiger partial charge in [0.15, 0.2) is 0 Å². The lowest BCUT2D eigenvalue weighted by Gasteiger charge is -2.33. The van der Waals surface area contributed by atoms with Gasteiger partial charge in [0.2, 0.25) is 5.91 Å². The number of aryl methyl sites for hydroxylation is 1. The van der Waals surface area contributed by atoms with E-state index >= 15 is 0 Å². The van der Waals surface area contributed by atoms with E-state index in [1.165, 1.54) is 10.5 Å². The number of hydrogen-bond acceptors (Lipinski definition) is 4. The highest BCUT2D eigenvalue weighted by Gasteiger charge is 2.29. The van der Waals surface area contributed by atoms with Crippen molar-refractivity contribution in [2.45, 2.75) is 25.7 Å². The quantitative estimate of drug-likeness (QED) is 0.793. The molecular formula is C19H26N2O4. The molecule has 0 aliphatic carbocycles. The first kappa shape index (κ1) is 17.6. The zero-order valence-corrected chi connectivity index (χ0v) is 14.8. The summed E-state index contributed by atoms with van der Waals surface area (Å²) < 4.78 is 10.2. The number of cyclic esters (lactones) is 1. The van der Waals surface area contributed by atoms with Crippen LogP contribution >= 0.6 is 0 Å². The molecule has 2 heterocycles. The Bertz CT molecular complexity index is 619. The molecule has 2 amide bonds. The van der Waals surface area contributed by atoms with Crippen molar-refractivity contribution >= 4 is 12.0 Å². The van der Waals surface area contributed by atoms with Crippen LogP contribution in [0.25, 0.3) is 0 Å². The summed E-state index contributed by atoms with van der Waals surface area (Å²) in [5.41, 5.74) is 1.27. The minimum absolute atomic E-state index is 0.0323. The van der Waals surface area contributed by atoms with Gasteiger partial charge in [-0.2, -0.15) is 0 Å². The molecule has 0 radical (unpaired) electrons. The average molecular weight is 346 g/mol. The first-order valence-corrected chi connectivity index (χ1v) is 8.98. The van der Waals surface area contributed by atoms with Gasteiger partial charge in [-0.25, -0.2) is 4.79 Å². The molecule has 1 unspecified atom stereocenters. The molecule has 1 aromatic carbocycles. The summed E-state index contributed by atoms with van der Waals surface area (Å²) >= 11 is 0. The van der Waals surface area contributed by atoms with Crippen LogP contribution in [0.2, 0.25) is 0 Å². The van der Waals surface area contributed by atoms with Gasteiger partial charge >= 0.3 is 6.09 Å². The van der Waals surface area contributed by atoms with Gasteiger partial charge in [0.05, 0.1) is 13.7 Å². The summed E-state index contributed by atoms with van der Waals surface area (Å²) in [5, 5.41) is 0. The van der Waals surface area contributed by atoms with Crippen molar-refractivity contribution in [1.82, 2.24) is 9.80 Å². The van der Waals surface area contributed by atoms with Crippen LogP contribution in [0.4, 0.5) is 4.79 Å².